The predicted molar refractivity (Wildman–Crippen MR) is 62.7 cm³/mol. The second kappa shape index (κ2) is 4.26. The van der Waals surface area contributed by atoms with Gasteiger partial charge in [-0.1, -0.05) is 0 Å². The lowest BCUT2D eigenvalue weighted by atomic mass is 9.98. The largest absolute Gasteiger partial charge is 0.394 e. The maximum Gasteiger partial charge on any atom is 0.394 e. The van der Waals surface area contributed by atoms with Gasteiger partial charge in [0.1, 0.15) is 0 Å². The van der Waals surface area contributed by atoms with Crippen LogP contribution in [-0.2, 0) is 6.42 Å². The summed E-state index contributed by atoms with van der Waals surface area (Å²) in [7, 11) is 0. The summed E-state index contributed by atoms with van der Waals surface area (Å²) < 4.78 is 39.0. The highest BCUT2D eigenvalue weighted by Gasteiger charge is 2.62. The lowest BCUT2D eigenvalue weighted by molar-refractivity contribution is -0.188. The second-order valence-electron chi connectivity index (χ2n) is 4.70. The first-order chi connectivity index (χ1) is 7.84. The molecular weight excluding hydrogens is 295 g/mol. The van der Waals surface area contributed by atoms with Gasteiger partial charge in [0.2, 0.25) is 0 Å². The van der Waals surface area contributed by atoms with Crippen LogP contribution in [0.5, 0.6) is 0 Å². The molecule has 5 heteroatoms. The van der Waals surface area contributed by atoms with Gasteiger partial charge in [-0.05, 0) is 60.2 Å². The summed E-state index contributed by atoms with van der Waals surface area (Å²) >= 11 is 3.32. The summed E-state index contributed by atoms with van der Waals surface area (Å²) in [5.74, 6) is 0. The van der Waals surface area contributed by atoms with Crippen molar-refractivity contribution in [2.75, 3.05) is 0 Å². The van der Waals surface area contributed by atoms with Crippen molar-refractivity contribution in [1.29, 1.82) is 0 Å². The number of alkyl halides is 3. The number of hydrogen-bond donors (Lipinski definition) is 0. The minimum atomic E-state index is -4.06. The van der Waals surface area contributed by atoms with Crippen LogP contribution in [0.1, 0.15) is 30.5 Å². The van der Waals surface area contributed by atoms with Gasteiger partial charge in [0.05, 0.1) is 5.41 Å². The summed E-state index contributed by atoms with van der Waals surface area (Å²) in [6, 6.07) is 1.84. The lowest BCUT2D eigenvalue weighted by Gasteiger charge is -2.18. The van der Waals surface area contributed by atoms with Crippen LogP contribution in [0.2, 0.25) is 0 Å². The van der Waals surface area contributed by atoms with E-state index in [9.17, 15) is 13.2 Å². The van der Waals surface area contributed by atoms with Gasteiger partial charge in [-0.15, -0.1) is 0 Å². The lowest BCUT2D eigenvalue weighted by Crippen LogP contribution is -2.25. The van der Waals surface area contributed by atoms with Crippen molar-refractivity contribution in [3.8, 4) is 0 Å². The Bertz CT molecular complexity index is 424. The molecule has 1 aliphatic carbocycles. The van der Waals surface area contributed by atoms with Crippen LogP contribution < -0.4 is 0 Å². The van der Waals surface area contributed by atoms with Crippen LogP contribution in [0.3, 0.4) is 0 Å². The van der Waals surface area contributed by atoms with Crippen molar-refractivity contribution in [2.24, 2.45) is 5.41 Å². The number of rotatable bonds is 3. The van der Waals surface area contributed by atoms with Gasteiger partial charge in [-0.2, -0.15) is 13.2 Å². The molecule has 1 nitrogen and oxygen atoms in total. The maximum absolute atomic E-state index is 12.7. The van der Waals surface area contributed by atoms with Crippen LogP contribution in [0.25, 0.3) is 0 Å². The van der Waals surface area contributed by atoms with E-state index in [0.29, 0.717) is 6.42 Å². The molecule has 1 aromatic heterocycles. The first-order valence-electron chi connectivity index (χ1n) is 5.52. The molecule has 1 fully saturated rings. The van der Waals surface area contributed by atoms with E-state index in [-0.39, 0.29) is 19.3 Å². The number of aryl methyl sites for hydroxylation is 2. The Morgan fingerprint density at radius 2 is 2.06 bits per heavy atom. The average Bonchev–Trinajstić information content (AvgIpc) is 3.00. The molecule has 0 aromatic carbocycles. The Kier molecular flexibility index (Phi) is 3.23. The highest BCUT2D eigenvalue weighted by atomic mass is 79.9. The number of pyridine rings is 1. The fourth-order valence-corrected chi connectivity index (χ4v) is 2.14. The molecule has 1 aromatic rings. The van der Waals surface area contributed by atoms with Gasteiger partial charge < -0.3 is 0 Å². The summed E-state index contributed by atoms with van der Waals surface area (Å²) in [5.41, 5.74) is 0.323. The Hall–Kier alpha value is -0.580. The molecular formula is C12H13BrF3N. The van der Waals surface area contributed by atoms with Gasteiger partial charge in [0.25, 0.3) is 0 Å². The Labute approximate surface area is 107 Å². The summed E-state index contributed by atoms with van der Waals surface area (Å²) in [4.78, 5) is 4.14. The van der Waals surface area contributed by atoms with E-state index in [0.717, 1.165) is 15.7 Å². The third kappa shape index (κ3) is 2.64. The van der Waals surface area contributed by atoms with Crippen molar-refractivity contribution in [2.45, 2.75) is 38.8 Å². The van der Waals surface area contributed by atoms with Crippen LogP contribution >= 0.6 is 15.9 Å². The zero-order chi connectivity index (χ0) is 12.7. The molecule has 0 aliphatic heterocycles. The SMILES string of the molecule is Cc1cc(CCC2(C(F)(F)F)CC2)ncc1Br. The Morgan fingerprint density at radius 1 is 1.41 bits per heavy atom. The van der Waals surface area contributed by atoms with Crippen LogP contribution in [0.4, 0.5) is 13.2 Å². The van der Waals surface area contributed by atoms with Gasteiger partial charge in [0, 0.05) is 16.4 Å². The zero-order valence-electron chi connectivity index (χ0n) is 9.44. The number of hydrogen-bond acceptors (Lipinski definition) is 1. The Morgan fingerprint density at radius 3 is 2.53 bits per heavy atom. The van der Waals surface area contributed by atoms with E-state index in [4.69, 9.17) is 0 Å². The van der Waals surface area contributed by atoms with Crippen molar-refractivity contribution in [3.05, 3.63) is 28.0 Å². The number of nitrogens with zero attached hydrogens (tertiary/aromatic N) is 1. The third-order valence-electron chi connectivity index (χ3n) is 3.42. The molecule has 94 valence electrons. The van der Waals surface area contributed by atoms with Gasteiger partial charge in [-0.3, -0.25) is 4.98 Å². The van der Waals surface area contributed by atoms with E-state index in [1.165, 1.54) is 0 Å². The third-order valence-corrected chi connectivity index (χ3v) is 4.25. The molecule has 0 saturated heterocycles. The first-order valence-corrected chi connectivity index (χ1v) is 6.31. The summed E-state index contributed by atoms with van der Waals surface area (Å²) in [6.07, 6.45) is -1.31. The zero-order valence-corrected chi connectivity index (χ0v) is 11.0. The van der Waals surface area contributed by atoms with Crippen molar-refractivity contribution in [3.63, 3.8) is 0 Å². The molecule has 1 aliphatic rings. The molecule has 0 N–H and O–H groups in total. The van der Waals surface area contributed by atoms with E-state index in [2.05, 4.69) is 20.9 Å². The molecule has 17 heavy (non-hydrogen) atoms. The van der Waals surface area contributed by atoms with Crippen molar-refractivity contribution in [1.82, 2.24) is 4.98 Å². The highest BCUT2D eigenvalue weighted by molar-refractivity contribution is 9.10. The van der Waals surface area contributed by atoms with Crippen molar-refractivity contribution >= 4 is 15.9 Å². The number of aromatic nitrogens is 1. The first kappa shape index (κ1) is 12.9. The van der Waals surface area contributed by atoms with Crippen LogP contribution in [-0.4, -0.2) is 11.2 Å². The average molecular weight is 308 g/mol. The molecule has 0 spiro atoms. The Balaban J connectivity index is 2.01. The quantitative estimate of drug-likeness (QED) is 0.805. The van der Waals surface area contributed by atoms with E-state index in [1.54, 1.807) is 6.20 Å². The molecule has 1 saturated carbocycles. The maximum atomic E-state index is 12.7. The normalized spacial score (nSPS) is 18.2. The second-order valence-corrected chi connectivity index (χ2v) is 5.56. The highest BCUT2D eigenvalue weighted by Crippen LogP contribution is 2.60. The molecule has 0 radical (unpaired) electrons. The van der Waals surface area contributed by atoms with Crippen LogP contribution in [0, 0.1) is 12.3 Å². The fraction of sp³-hybridized carbons (Fsp3) is 0.583. The number of halogens is 4. The molecule has 0 unspecified atom stereocenters. The van der Waals surface area contributed by atoms with Gasteiger partial charge in [-0.25, -0.2) is 0 Å². The standard InChI is InChI=1S/C12H13BrF3N/c1-8-6-9(17-7-10(8)13)2-3-11(4-5-11)12(14,15)16/h6-7H,2-5H2,1H3. The monoisotopic (exact) mass is 307 g/mol. The minimum Gasteiger partial charge on any atom is -0.260 e. The van der Waals surface area contributed by atoms with E-state index >= 15 is 0 Å². The molecule has 0 amide bonds. The molecule has 1 heterocycles. The topological polar surface area (TPSA) is 12.9 Å². The summed E-state index contributed by atoms with van der Waals surface area (Å²) in [5, 5.41) is 0. The fourth-order valence-electron chi connectivity index (χ4n) is 1.93. The van der Waals surface area contributed by atoms with E-state index < -0.39 is 11.6 Å². The van der Waals surface area contributed by atoms with E-state index in [1.807, 2.05) is 13.0 Å². The minimum absolute atomic E-state index is 0.157. The summed E-state index contributed by atoms with van der Waals surface area (Å²) in [6.45, 7) is 1.91. The molecule has 0 atom stereocenters. The van der Waals surface area contributed by atoms with Crippen LogP contribution in [0.15, 0.2) is 16.7 Å². The van der Waals surface area contributed by atoms with Gasteiger partial charge in [0.15, 0.2) is 0 Å². The molecule has 2 rings (SSSR count). The predicted octanol–water partition coefficient (Wildman–Crippen LogP) is 4.43. The molecule has 0 bridgehead atoms. The van der Waals surface area contributed by atoms with Gasteiger partial charge >= 0.3 is 6.18 Å². The van der Waals surface area contributed by atoms with Crippen molar-refractivity contribution < 1.29 is 13.2 Å². The smallest absolute Gasteiger partial charge is 0.260 e.